The van der Waals surface area contributed by atoms with E-state index in [1.165, 1.54) is 0 Å². The minimum absolute atomic E-state index is 0.0795. The first-order valence-corrected chi connectivity index (χ1v) is 10.9. The molecule has 0 saturated heterocycles. The highest BCUT2D eigenvalue weighted by Crippen LogP contribution is 2.32. The molecule has 31 heavy (non-hydrogen) atoms. The van der Waals surface area contributed by atoms with Crippen molar-refractivity contribution < 1.29 is 19.2 Å². The Bertz CT molecular complexity index is 850. The summed E-state index contributed by atoms with van der Waals surface area (Å²) in [4.78, 5) is 26.2. The van der Waals surface area contributed by atoms with Crippen LogP contribution in [0.5, 0.6) is 5.75 Å². The second kappa shape index (κ2) is 11.5. The number of likely N-dealkylation sites (N-methyl/N-ethyl adjacent to an activating group) is 1. The third-order valence-corrected chi connectivity index (χ3v) is 5.33. The number of rotatable bonds is 10. The number of hydrogen-bond acceptors (Lipinski definition) is 3. The van der Waals surface area contributed by atoms with E-state index in [1.54, 1.807) is 31.4 Å². The fourth-order valence-corrected chi connectivity index (χ4v) is 3.53. The van der Waals surface area contributed by atoms with Gasteiger partial charge in [-0.1, -0.05) is 45.9 Å². The molecule has 3 N–H and O–H groups in total. The van der Waals surface area contributed by atoms with Crippen LogP contribution in [-0.4, -0.2) is 38.6 Å². The normalized spacial score (nSPS) is 12.0. The lowest BCUT2D eigenvalue weighted by Gasteiger charge is -2.21. The molecule has 0 aliphatic carbocycles. The summed E-state index contributed by atoms with van der Waals surface area (Å²) in [5.74, 6) is 1.14. The van der Waals surface area contributed by atoms with Gasteiger partial charge in [0.05, 0.1) is 13.7 Å². The van der Waals surface area contributed by atoms with Gasteiger partial charge in [0.2, 0.25) is 0 Å². The van der Waals surface area contributed by atoms with Crippen molar-refractivity contribution in [1.29, 1.82) is 0 Å². The predicted octanol–water partition coefficient (Wildman–Crippen LogP) is 3.42. The minimum atomic E-state index is -0.125. The van der Waals surface area contributed by atoms with Gasteiger partial charge >= 0.3 is 0 Å². The maximum atomic E-state index is 12.9. The second-order valence-electron chi connectivity index (χ2n) is 8.40. The van der Waals surface area contributed by atoms with Gasteiger partial charge in [0.1, 0.15) is 5.75 Å². The van der Waals surface area contributed by atoms with E-state index in [0.29, 0.717) is 24.1 Å². The summed E-state index contributed by atoms with van der Waals surface area (Å²) in [6.45, 7) is 11.6. The number of hydrogen-bond donors (Lipinski definition) is 3. The smallest absolute Gasteiger partial charge is 0.279 e. The zero-order chi connectivity index (χ0) is 23.0. The summed E-state index contributed by atoms with van der Waals surface area (Å²) < 4.78 is 5.13. The zero-order valence-electron chi connectivity index (χ0n) is 19.5. The highest BCUT2D eigenvalue weighted by molar-refractivity contribution is 5.94. The van der Waals surface area contributed by atoms with Crippen LogP contribution < -0.4 is 20.3 Å². The summed E-state index contributed by atoms with van der Waals surface area (Å²) in [6, 6.07) is 13.4. The number of nitrogens with one attached hydrogen (secondary N) is 3. The summed E-state index contributed by atoms with van der Waals surface area (Å²) in [6.07, 6.45) is 0. The fraction of sp³-hybridized carbons (Fsp3) is 0.440. The van der Waals surface area contributed by atoms with Gasteiger partial charge < -0.3 is 20.3 Å². The average Bonchev–Trinajstić information content (AvgIpc) is 2.73. The van der Waals surface area contributed by atoms with Crippen molar-refractivity contribution in [3.8, 4) is 5.75 Å². The summed E-state index contributed by atoms with van der Waals surface area (Å²) in [7, 11) is 1.60. The summed E-state index contributed by atoms with van der Waals surface area (Å²) in [5.41, 5.74) is 3.89. The van der Waals surface area contributed by atoms with Crippen molar-refractivity contribution in [3.63, 3.8) is 0 Å². The van der Waals surface area contributed by atoms with E-state index in [2.05, 4.69) is 50.5 Å². The molecule has 1 unspecified atom stereocenters. The van der Waals surface area contributed by atoms with Crippen LogP contribution in [-0.2, 0) is 9.59 Å². The molecule has 0 aliphatic rings. The van der Waals surface area contributed by atoms with Crippen molar-refractivity contribution in [2.75, 3.05) is 37.4 Å². The number of benzene rings is 2. The molecule has 6 heteroatoms. The maximum absolute atomic E-state index is 12.9. The Morgan fingerprint density at radius 3 is 1.84 bits per heavy atom. The molecule has 0 heterocycles. The van der Waals surface area contributed by atoms with Crippen molar-refractivity contribution in [1.82, 2.24) is 0 Å². The summed E-state index contributed by atoms with van der Waals surface area (Å²) in [5, 5.41) is 6.02. The van der Waals surface area contributed by atoms with E-state index < -0.39 is 0 Å². The lowest BCUT2D eigenvalue weighted by molar-refractivity contribution is -0.881. The number of para-hydroxylation sites is 1. The Labute approximate surface area is 186 Å². The molecule has 1 atom stereocenters. The van der Waals surface area contributed by atoms with Crippen LogP contribution in [0.4, 0.5) is 11.4 Å². The van der Waals surface area contributed by atoms with Gasteiger partial charge in [0.25, 0.3) is 11.8 Å². The number of carbonyl (C=O) groups excluding carboxylic acids is 2. The largest absolute Gasteiger partial charge is 0.497 e. The van der Waals surface area contributed by atoms with Gasteiger partial charge in [-0.2, -0.15) is 0 Å². The zero-order valence-corrected chi connectivity index (χ0v) is 19.5. The van der Waals surface area contributed by atoms with Gasteiger partial charge in [-0.05, 0) is 54.2 Å². The van der Waals surface area contributed by atoms with Crippen molar-refractivity contribution in [2.24, 2.45) is 0 Å². The molecular weight excluding hydrogens is 390 g/mol. The molecule has 0 aromatic heterocycles. The quantitative estimate of drug-likeness (QED) is 0.545. The van der Waals surface area contributed by atoms with E-state index in [9.17, 15) is 9.59 Å². The van der Waals surface area contributed by atoms with E-state index in [-0.39, 0.29) is 24.9 Å². The number of anilines is 2. The SMILES string of the molecule is CC[NH+](CC(=O)Nc1ccc(OC)cc1)CC(=O)Nc1c(C(C)C)cccc1C(C)C. The number of quaternary nitrogens is 1. The molecule has 0 fully saturated rings. The van der Waals surface area contributed by atoms with Crippen LogP contribution in [0.2, 0.25) is 0 Å². The van der Waals surface area contributed by atoms with Crippen LogP contribution in [0.1, 0.15) is 57.6 Å². The molecule has 0 bridgehead atoms. The highest BCUT2D eigenvalue weighted by Gasteiger charge is 2.20. The molecule has 2 aromatic rings. The Balaban J connectivity index is 2.02. The van der Waals surface area contributed by atoms with Gasteiger partial charge in [-0.3, -0.25) is 9.59 Å². The first kappa shape index (κ1) is 24.4. The first-order chi connectivity index (χ1) is 14.7. The third-order valence-electron chi connectivity index (χ3n) is 5.33. The molecule has 2 rings (SSSR count). The summed E-state index contributed by atoms with van der Waals surface area (Å²) >= 11 is 0. The Morgan fingerprint density at radius 1 is 0.871 bits per heavy atom. The van der Waals surface area contributed by atoms with Gasteiger partial charge in [-0.25, -0.2) is 0 Å². The van der Waals surface area contributed by atoms with E-state index in [0.717, 1.165) is 27.5 Å². The molecule has 168 valence electrons. The minimum Gasteiger partial charge on any atom is -0.497 e. The molecule has 6 nitrogen and oxygen atoms in total. The molecule has 0 aliphatic heterocycles. The van der Waals surface area contributed by atoms with E-state index >= 15 is 0 Å². The average molecular weight is 427 g/mol. The molecule has 0 radical (unpaired) electrons. The standard InChI is InChI=1S/C25H35N3O3/c1-7-28(15-23(29)26-19-11-13-20(31-6)14-12-19)16-24(30)27-25-21(17(2)3)9-8-10-22(25)18(4)5/h8-14,17-18H,7,15-16H2,1-6H3,(H,26,29)(H,27,30)/p+1. The van der Waals surface area contributed by atoms with Crippen LogP contribution in [0.15, 0.2) is 42.5 Å². The van der Waals surface area contributed by atoms with E-state index in [4.69, 9.17) is 4.74 Å². The van der Waals surface area contributed by atoms with Crippen LogP contribution in [0.25, 0.3) is 0 Å². The Morgan fingerprint density at radius 2 is 1.39 bits per heavy atom. The Kier molecular flexibility index (Phi) is 9.06. The molecule has 0 saturated carbocycles. The monoisotopic (exact) mass is 426 g/mol. The molecule has 2 amide bonds. The van der Waals surface area contributed by atoms with Crippen LogP contribution in [0, 0.1) is 0 Å². The lowest BCUT2D eigenvalue weighted by Crippen LogP contribution is -3.13. The van der Waals surface area contributed by atoms with Gasteiger partial charge in [0.15, 0.2) is 13.1 Å². The van der Waals surface area contributed by atoms with Crippen molar-refractivity contribution in [3.05, 3.63) is 53.6 Å². The van der Waals surface area contributed by atoms with Gasteiger partial charge in [-0.15, -0.1) is 0 Å². The molecule has 0 spiro atoms. The highest BCUT2D eigenvalue weighted by atomic mass is 16.5. The topological polar surface area (TPSA) is 71.9 Å². The number of methoxy groups -OCH3 is 1. The Hall–Kier alpha value is -2.86. The molecular formula is C25H36N3O3+. The van der Waals surface area contributed by atoms with E-state index in [1.807, 2.05) is 13.0 Å². The molecule has 2 aromatic carbocycles. The predicted molar refractivity (Wildman–Crippen MR) is 126 cm³/mol. The second-order valence-corrected chi connectivity index (χ2v) is 8.40. The van der Waals surface area contributed by atoms with Crippen molar-refractivity contribution in [2.45, 2.75) is 46.5 Å². The third kappa shape index (κ3) is 7.10. The van der Waals surface area contributed by atoms with Crippen LogP contribution in [0.3, 0.4) is 0 Å². The van der Waals surface area contributed by atoms with Crippen molar-refractivity contribution >= 4 is 23.2 Å². The maximum Gasteiger partial charge on any atom is 0.279 e. The van der Waals surface area contributed by atoms with Crippen LogP contribution >= 0.6 is 0 Å². The first-order valence-electron chi connectivity index (χ1n) is 10.9. The number of amides is 2. The number of carbonyl (C=O) groups is 2. The van der Waals surface area contributed by atoms with Gasteiger partial charge in [0, 0.05) is 11.4 Å². The lowest BCUT2D eigenvalue weighted by atomic mass is 9.92. The number of ether oxygens (including phenoxy) is 1. The fourth-order valence-electron chi connectivity index (χ4n) is 3.53.